The molecule has 1 unspecified atom stereocenters. The van der Waals surface area contributed by atoms with Crippen molar-refractivity contribution in [2.75, 3.05) is 18.9 Å². The summed E-state index contributed by atoms with van der Waals surface area (Å²) in [5, 5.41) is 0. The Labute approximate surface area is 146 Å². The van der Waals surface area contributed by atoms with Crippen LogP contribution >= 0.6 is 0 Å². The van der Waals surface area contributed by atoms with Crippen molar-refractivity contribution in [3.8, 4) is 5.75 Å². The van der Waals surface area contributed by atoms with Crippen molar-refractivity contribution < 1.29 is 22.3 Å². The van der Waals surface area contributed by atoms with Gasteiger partial charge in [-0.15, -0.1) is 0 Å². The Morgan fingerprint density at radius 1 is 1.28 bits per heavy atom. The minimum absolute atomic E-state index is 0.00107. The maximum absolute atomic E-state index is 12.5. The summed E-state index contributed by atoms with van der Waals surface area (Å²) >= 11 is 0. The number of ketones is 1. The second-order valence-electron chi connectivity index (χ2n) is 5.69. The summed E-state index contributed by atoms with van der Waals surface area (Å²) in [7, 11) is -3.54. The van der Waals surface area contributed by atoms with Gasteiger partial charge in [-0.25, -0.2) is 12.8 Å². The predicted molar refractivity (Wildman–Crippen MR) is 93.6 cm³/mol. The van der Waals surface area contributed by atoms with Gasteiger partial charge in [-0.3, -0.25) is 4.79 Å². The fourth-order valence-corrected chi connectivity index (χ4v) is 3.86. The molecule has 1 aliphatic carbocycles. The Hall–Kier alpha value is -2.25. The number of ether oxygens (including phenoxy) is 1. The second kappa shape index (κ2) is 8.73. The van der Waals surface area contributed by atoms with Crippen molar-refractivity contribution in [2.45, 2.75) is 11.3 Å². The van der Waals surface area contributed by atoms with Crippen LogP contribution in [0.5, 0.6) is 5.75 Å². The molecule has 1 aliphatic rings. The topological polar surface area (TPSA) is 86.5 Å². The average molecular weight is 365 g/mol. The summed E-state index contributed by atoms with van der Waals surface area (Å²) < 4.78 is 42.8. The molecule has 0 amide bonds. The normalized spacial score (nSPS) is 18.2. The third kappa shape index (κ3) is 5.65. The number of carbonyl (C=O) groups is 1. The molecule has 0 aromatic heterocycles. The summed E-state index contributed by atoms with van der Waals surface area (Å²) in [6, 6.07) is 5.89. The number of allylic oxidation sites excluding steroid dienone is 4. The van der Waals surface area contributed by atoms with Crippen molar-refractivity contribution in [1.82, 2.24) is 0 Å². The van der Waals surface area contributed by atoms with Gasteiger partial charge in [-0.1, -0.05) is 18.2 Å². The number of hydrogen-bond acceptors (Lipinski definition) is 5. The highest BCUT2D eigenvalue weighted by Gasteiger charge is 2.22. The van der Waals surface area contributed by atoms with Gasteiger partial charge in [-0.05, 0) is 36.3 Å². The van der Waals surface area contributed by atoms with E-state index in [9.17, 15) is 17.6 Å². The Morgan fingerprint density at radius 3 is 2.64 bits per heavy atom. The van der Waals surface area contributed by atoms with Gasteiger partial charge >= 0.3 is 0 Å². The summed E-state index contributed by atoms with van der Waals surface area (Å²) in [6.45, 7) is 0.0481. The zero-order chi connectivity index (χ0) is 18.3. The van der Waals surface area contributed by atoms with Crippen LogP contribution < -0.4 is 10.5 Å². The molecule has 0 heterocycles. The second-order valence-corrected chi connectivity index (χ2v) is 7.72. The Kier molecular flexibility index (Phi) is 6.66. The first-order valence-corrected chi connectivity index (χ1v) is 9.41. The van der Waals surface area contributed by atoms with E-state index in [1.54, 1.807) is 18.2 Å². The van der Waals surface area contributed by atoms with E-state index in [0.29, 0.717) is 17.7 Å². The molecule has 0 saturated carbocycles. The predicted octanol–water partition coefficient (Wildman–Crippen LogP) is 2.35. The van der Waals surface area contributed by atoms with Crippen molar-refractivity contribution in [1.29, 1.82) is 0 Å². The monoisotopic (exact) mass is 365 g/mol. The van der Waals surface area contributed by atoms with Crippen LogP contribution in [0.25, 0.3) is 0 Å². The Morgan fingerprint density at radius 2 is 2.00 bits per heavy atom. The molecule has 1 aromatic carbocycles. The lowest BCUT2D eigenvalue weighted by Crippen LogP contribution is -2.17. The molecule has 0 spiro atoms. The average Bonchev–Trinajstić information content (AvgIpc) is 2.79. The number of sulfone groups is 1. The van der Waals surface area contributed by atoms with Crippen molar-refractivity contribution in [3.05, 3.63) is 60.5 Å². The molecule has 1 aromatic rings. The largest absolute Gasteiger partial charge is 0.489 e. The van der Waals surface area contributed by atoms with Gasteiger partial charge in [0.15, 0.2) is 15.6 Å². The maximum atomic E-state index is 12.5. The molecule has 134 valence electrons. The van der Waals surface area contributed by atoms with E-state index in [4.69, 9.17) is 10.5 Å². The Bertz CT molecular complexity index is 795. The molecular weight excluding hydrogens is 345 g/mol. The number of carbonyl (C=O) groups excluding carboxylic acids is 1. The third-order valence-corrected chi connectivity index (χ3v) is 5.55. The van der Waals surface area contributed by atoms with E-state index in [-0.39, 0.29) is 41.9 Å². The van der Waals surface area contributed by atoms with Gasteiger partial charge in [0, 0.05) is 18.5 Å². The maximum Gasteiger partial charge on any atom is 0.178 e. The van der Waals surface area contributed by atoms with E-state index in [2.05, 4.69) is 0 Å². The van der Waals surface area contributed by atoms with Gasteiger partial charge in [0.2, 0.25) is 0 Å². The van der Waals surface area contributed by atoms with Crippen LogP contribution in [0.3, 0.4) is 0 Å². The molecule has 1 atom stereocenters. The minimum atomic E-state index is -3.54. The van der Waals surface area contributed by atoms with Gasteiger partial charge in [0.05, 0.1) is 17.0 Å². The molecule has 7 heteroatoms. The van der Waals surface area contributed by atoms with Gasteiger partial charge in [0.1, 0.15) is 12.4 Å². The van der Waals surface area contributed by atoms with E-state index in [0.717, 1.165) is 0 Å². The van der Waals surface area contributed by atoms with Crippen molar-refractivity contribution in [3.63, 3.8) is 0 Å². The van der Waals surface area contributed by atoms with Crippen LogP contribution in [0.4, 0.5) is 4.39 Å². The molecule has 2 rings (SSSR count). The van der Waals surface area contributed by atoms with Crippen molar-refractivity contribution in [2.24, 2.45) is 11.7 Å². The molecule has 0 saturated heterocycles. The molecule has 0 bridgehead atoms. The molecule has 5 nitrogen and oxygen atoms in total. The highest BCUT2D eigenvalue weighted by Crippen LogP contribution is 2.21. The molecular formula is C18H20FNO4S. The van der Waals surface area contributed by atoms with Crippen LogP contribution in [0, 0.1) is 5.92 Å². The first kappa shape index (κ1) is 19.1. The molecule has 0 fully saturated rings. The summed E-state index contributed by atoms with van der Waals surface area (Å²) in [4.78, 5) is 11.7. The van der Waals surface area contributed by atoms with Gasteiger partial charge in [0.25, 0.3) is 0 Å². The SMILES string of the molecule is NC/C(=C\F)COc1ccc(S(=O)(=O)CC2C=CC=CC(=O)C2)cc1. The van der Waals surface area contributed by atoms with E-state index >= 15 is 0 Å². The molecule has 0 aliphatic heterocycles. The lowest BCUT2D eigenvalue weighted by Gasteiger charge is -2.12. The highest BCUT2D eigenvalue weighted by molar-refractivity contribution is 7.91. The zero-order valence-electron chi connectivity index (χ0n) is 13.6. The Balaban J connectivity index is 2.03. The summed E-state index contributed by atoms with van der Waals surface area (Å²) in [6.07, 6.45) is 7.04. The molecule has 0 radical (unpaired) electrons. The van der Waals surface area contributed by atoms with Gasteiger partial charge in [-0.2, -0.15) is 0 Å². The van der Waals surface area contributed by atoms with Crippen LogP contribution in [0.1, 0.15) is 6.42 Å². The van der Waals surface area contributed by atoms with Crippen molar-refractivity contribution >= 4 is 15.6 Å². The van der Waals surface area contributed by atoms with E-state index in [1.165, 1.54) is 30.3 Å². The zero-order valence-corrected chi connectivity index (χ0v) is 14.4. The minimum Gasteiger partial charge on any atom is -0.489 e. The number of benzene rings is 1. The first-order valence-electron chi connectivity index (χ1n) is 7.76. The summed E-state index contributed by atoms with van der Waals surface area (Å²) in [5.41, 5.74) is 5.64. The number of hydrogen-bond donors (Lipinski definition) is 1. The molecule has 25 heavy (non-hydrogen) atoms. The number of halogens is 1. The van der Waals surface area contributed by atoms with Gasteiger partial charge < -0.3 is 10.5 Å². The van der Waals surface area contributed by atoms with E-state index in [1.807, 2.05) is 0 Å². The first-order chi connectivity index (χ1) is 11.9. The lowest BCUT2D eigenvalue weighted by molar-refractivity contribution is -0.115. The lowest BCUT2D eigenvalue weighted by atomic mass is 10.1. The van der Waals surface area contributed by atoms with Crippen LogP contribution in [0.2, 0.25) is 0 Å². The smallest absolute Gasteiger partial charge is 0.178 e. The number of rotatable bonds is 7. The summed E-state index contributed by atoms with van der Waals surface area (Å²) in [5.74, 6) is -0.171. The fourth-order valence-electron chi connectivity index (χ4n) is 2.33. The number of nitrogens with two attached hydrogens (primary N) is 1. The molecule has 2 N–H and O–H groups in total. The van der Waals surface area contributed by atoms with Crippen LogP contribution in [-0.4, -0.2) is 33.1 Å². The standard InChI is InChI=1S/C18H20FNO4S/c19-10-15(11-20)12-24-17-5-7-18(8-6-17)25(22,23)13-14-3-1-2-4-16(21)9-14/h1-8,10,14H,9,11-13,20H2/b15-10+. The fraction of sp³-hybridized carbons (Fsp3) is 0.278. The highest BCUT2D eigenvalue weighted by atomic mass is 32.2. The quantitative estimate of drug-likeness (QED) is 0.801. The van der Waals surface area contributed by atoms with Crippen LogP contribution in [0.15, 0.2) is 65.4 Å². The van der Waals surface area contributed by atoms with E-state index < -0.39 is 9.84 Å². The van der Waals surface area contributed by atoms with Crippen LogP contribution in [-0.2, 0) is 14.6 Å². The third-order valence-electron chi connectivity index (χ3n) is 3.70.